The van der Waals surface area contributed by atoms with Crippen molar-refractivity contribution in [2.24, 2.45) is 10.9 Å². The summed E-state index contributed by atoms with van der Waals surface area (Å²) in [6.07, 6.45) is 1.42. The molecule has 1 aromatic heterocycles. The maximum Gasteiger partial charge on any atom is 0.214 e. The fourth-order valence-corrected chi connectivity index (χ4v) is 1.17. The van der Waals surface area contributed by atoms with Gasteiger partial charge in [0.1, 0.15) is 6.10 Å². The first-order valence-electron chi connectivity index (χ1n) is 4.77. The van der Waals surface area contributed by atoms with Gasteiger partial charge in [-0.2, -0.15) is 0 Å². The van der Waals surface area contributed by atoms with Crippen LogP contribution in [0.3, 0.4) is 0 Å². The minimum absolute atomic E-state index is 0.0200. The standard InChI is InChI=1S/C10H15N3O3/c1-7(6-15-2)16-9-5-8(3-4-12-9)10(11)13-14/h3-5,7,14H,6H2,1-2H3,(H2,11,13). The van der Waals surface area contributed by atoms with Crippen LogP contribution in [0.4, 0.5) is 0 Å². The first kappa shape index (κ1) is 12.3. The predicted octanol–water partition coefficient (Wildman–Crippen LogP) is 0.590. The van der Waals surface area contributed by atoms with Gasteiger partial charge in [-0.3, -0.25) is 0 Å². The highest BCUT2D eigenvalue weighted by atomic mass is 16.5. The highest BCUT2D eigenvalue weighted by molar-refractivity contribution is 5.97. The van der Waals surface area contributed by atoms with Crippen LogP contribution in [0.25, 0.3) is 0 Å². The van der Waals surface area contributed by atoms with E-state index in [0.717, 1.165) is 0 Å². The van der Waals surface area contributed by atoms with Gasteiger partial charge in [0.15, 0.2) is 5.84 Å². The number of hydrogen-bond acceptors (Lipinski definition) is 5. The third-order valence-electron chi connectivity index (χ3n) is 1.86. The van der Waals surface area contributed by atoms with Crippen LogP contribution in [0, 0.1) is 0 Å². The molecule has 88 valence electrons. The minimum Gasteiger partial charge on any atom is -0.472 e. The maximum absolute atomic E-state index is 8.53. The van der Waals surface area contributed by atoms with Gasteiger partial charge in [-0.05, 0) is 13.0 Å². The Bertz CT molecular complexity index is 368. The lowest BCUT2D eigenvalue weighted by molar-refractivity contribution is 0.0890. The van der Waals surface area contributed by atoms with Crippen LogP contribution >= 0.6 is 0 Å². The molecule has 3 N–H and O–H groups in total. The summed E-state index contributed by atoms with van der Waals surface area (Å²) in [7, 11) is 1.60. The van der Waals surface area contributed by atoms with E-state index in [4.69, 9.17) is 20.4 Å². The van der Waals surface area contributed by atoms with Crippen molar-refractivity contribution in [3.05, 3.63) is 23.9 Å². The number of methoxy groups -OCH3 is 1. The number of aromatic nitrogens is 1. The van der Waals surface area contributed by atoms with Gasteiger partial charge in [0.2, 0.25) is 5.88 Å². The zero-order valence-electron chi connectivity index (χ0n) is 9.25. The SMILES string of the molecule is COCC(C)Oc1cc(C(N)=NO)ccn1. The molecule has 0 spiro atoms. The van der Waals surface area contributed by atoms with Crippen LogP contribution in [0.5, 0.6) is 5.88 Å². The summed E-state index contributed by atoms with van der Waals surface area (Å²) in [5.41, 5.74) is 6.00. The van der Waals surface area contributed by atoms with E-state index in [0.29, 0.717) is 18.1 Å². The van der Waals surface area contributed by atoms with E-state index in [-0.39, 0.29) is 11.9 Å². The van der Waals surface area contributed by atoms with E-state index in [2.05, 4.69) is 10.1 Å². The number of amidine groups is 1. The number of nitrogens with zero attached hydrogens (tertiary/aromatic N) is 2. The second kappa shape index (κ2) is 5.92. The Kier molecular flexibility index (Phi) is 4.53. The molecule has 1 unspecified atom stereocenters. The van der Waals surface area contributed by atoms with Crippen molar-refractivity contribution in [3.8, 4) is 5.88 Å². The molecule has 0 aromatic carbocycles. The molecule has 0 aliphatic heterocycles. The zero-order valence-corrected chi connectivity index (χ0v) is 9.25. The van der Waals surface area contributed by atoms with Crippen molar-refractivity contribution in [1.82, 2.24) is 4.98 Å². The molecule has 1 atom stereocenters. The van der Waals surface area contributed by atoms with Crippen LogP contribution in [-0.2, 0) is 4.74 Å². The Morgan fingerprint density at radius 1 is 1.69 bits per heavy atom. The maximum atomic E-state index is 8.53. The quantitative estimate of drug-likeness (QED) is 0.331. The largest absolute Gasteiger partial charge is 0.472 e. The third-order valence-corrected chi connectivity index (χ3v) is 1.86. The Hall–Kier alpha value is -1.82. The molecule has 0 saturated carbocycles. The summed E-state index contributed by atoms with van der Waals surface area (Å²) in [4.78, 5) is 4.01. The number of nitrogens with two attached hydrogens (primary N) is 1. The fraction of sp³-hybridized carbons (Fsp3) is 0.400. The van der Waals surface area contributed by atoms with E-state index in [1.54, 1.807) is 19.2 Å². The molecule has 1 heterocycles. The molecule has 1 aromatic rings. The molecule has 0 bridgehead atoms. The van der Waals surface area contributed by atoms with Gasteiger partial charge in [-0.1, -0.05) is 5.16 Å². The van der Waals surface area contributed by atoms with Crippen molar-refractivity contribution in [3.63, 3.8) is 0 Å². The minimum atomic E-state index is -0.111. The molecular formula is C10H15N3O3. The molecular weight excluding hydrogens is 210 g/mol. The van der Waals surface area contributed by atoms with E-state index in [9.17, 15) is 0 Å². The summed E-state index contributed by atoms with van der Waals surface area (Å²) in [6, 6.07) is 3.23. The summed E-state index contributed by atoms with van der Waals surface area (Å²) in [5, 5.41) is 11.4. The lowest BCUT2D eigenvalue weighted by Crippen LogP contribution is -2.19. The van der Waals surface area contributed by atoms with Crippen molar-refractivity contribution in [2.75, 3.05) is 13.7 Å². The van der Waals surface area contributed by atoms with Crippen molar-refractivity contribution < 1.29 is 14.7 Å². The van der Waals surface area contributed by atoms with Crippen LogP contribution in [0.1, 0.15) is 12.5 Å². The fourth-order valence-electron chi connectivity index (χ4n) is 1.17. The van der Waals surface area contributed by atoms with Gasteiger partial charge in [-0.15, -0.1) is 0 Å². The molecule has 0 fully saturated rings. The van der Waals surface area contributed by atoms with Gasteiger partial charge in [0.05, 0.1) is 6.61 Å². The monoisotopic (exact) mass is 225 g/mol. The number of rotatable bonds is 5. The second-order valence-corrected chi connectivity index (χ2v) is 3.25. The normalized spacial score (nSPS) is 13.5. The van der Waals surface area contributed by atoms with Gasteiger partial charge in [0, 0.05) is 24.9 Å². The molecule has 16 heavy (non-hydrogen) atoms. The average Bonchev–Trinajstić information content (AvgIpc) is 2.28. The molecule has 0 saturated heterocycles. The molecule has 6 heteroatoms. The number of ether oxygens (including phenoxy) is 2. The highest BCUT2D eigenvalue weighted by Gasteiger charge is 2.06. The van der Waals surface area contributed by atoms with Gasteiger partial charge < -0.3 is 20.4 Å². The van der Waals surface area contributed by atoms with Crippen LogP contribution < -0.4 is 10.5 Å². The van der Waals surface area contributed by atoms with Crippen LogP contribution in [0.15, 0.2) is 23.5 Å². The molecule has 0 radical (unpaired) electrons. The summed E-state index contributed by atoms with van der Waals surface area (Å²) in [6.45, 7) is 2.33. The molecule has 1 rings (SSSR count). The zero-order chi connectivity index (χ0) is 12.0. The van der Waals surface area contributed by atoms with E-state index in [1.165, 1.54) is 6.20 Å². The van der Waals surface area contributed by atoms with Crippen molar-refractivity contribution in [2.45, 2.75) is 13.0 Å². The molecule has 6 nitrogen and oxygen atoms in total. The Morgan fingerprint density at radius 2 is 2.44 bits per heavy atom. The van der Waals surface area contributed by atoms with E-state index < -0.39 is 0 Å². The number of hydrogen-bond donors (Lipinski definition) is 2. The second-order valence-electron chi connectivity index (χ2n) is 3.25. The van der Waals surface area contributed by atoms with Gasteiger partial charge in [-0.25, -0.2) is 4.98 Å². The first-order chi connectivity index (χ1) is 7.67. The molecule has 0 aliphatic rings. The lowest BCUT2D eigenvalue weighted by Gasteiger charge is -2.12. The predicted molar refractivity (Wildman–Crippen MR) is 58.7 cm³/mol. The summed E-state index contributed by atoms with van der Waals surface area (Å²) in [5.74, 6) is 0.431. The number of oxime groups is 1. The van der Waals surface area contributed by atoms with E-state index in [1.807, 2.05) is 6.92 Å². The van der Waals surface area contributed by atoms with Crippen molar-refractivity contribution >= 4 is 5.84 Å². The average molecular weight is 225 g/mol. The highest BCUT2D eigenvalue weighted by Crippen LogP contribution is 2.11. The van der Waals surface area contributed by atoms with Gasteiger partial charge >= 0.3 is 0 Å². The summed E-state index contributed by atoms with van der Waals surface area (Å²) >= 11 is 0. The lowest BCUT2D eigenvalue weighted by atomic mass is 10.2. The third kappa shape index (κ3) is 3.39. The molecule has 0 aliphatic carbocycles. The smallest absolute Gasteiger partial charge is 0.214 e. The number of pyridine rings is 1. The first-order valence-corrected chi connectivity index (χ1v) is 4.77. The molecule has 0 amide bonds. The van der Waals surface area contributed by atoms with Crippen molar-refractivity contribution in [1.29, 1.82) is 0 Å². The Labute approximate surface area is 93.7 Å². The van der Waals surface area contributed by atoms with E-state index >= 15 is 0 Å². The Balaban J connectivity index is 2.75. The van der Waals surface area contributed by atoms with Crippen LogP contribution in [0.2, 0.25) is 0 Å². The topological polar surface area (TPSA) is 90.0 Å². The van der Waals surface area contributed by atoms with Gasteiger partial charge in [0.25, 0.3) is 0 Å². The summed E-state index contributed by atoms with van der Waals surface area (Å²) < 4.78 is 10.4. The Morgan fingerprint density at radius 3 is 3.06 bits per heavy atom. The van der Waals surface area contributed by atoms with Crippen LogP contribution in [-0.4, -0.2) is 35.8 Å².